The molecular weight excluding hydrogens is 208 g/mol. The van der Waals surface area contributed by atoms with Crippen LogP contribution in [0.2, 0.25) is 0 Å². The number of nitrogens with zero attached hydrogens (tertiary/aromatic N) is 1. The van der Waals surface area contributed by atoms with Gasteiger partial charge in [0, 0.05) is 13.0 Å². The van der Waals surface area contributed by atoms with Gasteiger partial charge in [-0.15, -0.1) is 0 Å². The quantitative estimate of drug-likeness (QED) is 0.763. The predicted molar refractivity (Wildman–Crippen MR) is 60.0 cm³/mol. The molecule has 0 aromatic rings. The highest BCUT2D eigenvalue weighted by molar-refractivity contribution is 5.78. The number of ether oxygens (including phenoxy) is 1. The molecule has 1 atom stereocenters. The van der Waals surface area contributed by atoms with Crippen molar-refractivity contribution in [3.05, 3.63) is 0 Å². The summed E-state index contributed by atoms with van der Waals surface area (Å²) in [6.07, 6.45) is 1.15. The summed E-state index contributed by atoms with van der Waals surface area (Å²) >= 11 is 0. The van der Waals surface area contributed by atoms with Gasteiger partial charge in [0.25, 0.3) is 0 Å². The number of carbonyl (C=O) groups is 2. The van der Waals surface area contributed by atoms with Crippen molar-refractivity contribution in [3.8, 4) is 0 Å². The normalized spacial score (nSPS) is 20.1. The number of carbonyl (C=O) groups excluding carboxylic acids is 2. The van der Waals surface area contributed by atoms with E-state index in [0.29, 0.717) is 13.1 Å². The van der Waals surface area contributed by atoms with Crippen molar-refractivity contribution in [1.29, 1.82) is 0 Å². The average molecular weight is 228 g/mol. The lowest BCUT2D eigenvalue weighted by Crippen LogP contribution is -2.37. The molecule has 1 rings (SSSR count). The van der Waals surface area contributed by atoms with Crippen molar-refractivity contribution < 1.29 is 14.3 Å². The van der Waals surface area contributed by atoms with Crippen LogP contribution >= 0.6 is 0 Å². The van der Waals surface area contributed by atoms with Crippen molar-refractivity contribution in [2.45, 2.75) is 32.8 Å². The van der Waals surface area contributed by atoms with Gasteiger partial charge >= 0.3 is 6.09 Å². The highest BCUT2D eigenvalue weighted by Crippen LogP contribution is 2.10. The first kappa shape index (κ1) is 12.8. The molecule has 0 saturated carbocycles. The van der Waals surface area contributed by atoms with Gasteiger partial charge in [-0.05, 0) is 12.8 Å². The Labute approximate surface area is 96.1 Å². The molecule has 0 bridgehead atoms. The molecule has 0 radical (unpaired) electrons. The van der Waals surface area contributed by atoms with Crippen molar-refractivity contribution in [1.82, 2.24) is 10.2 Å². The fourth-order valence-electron chi connectivity index (χ4n) is 1.77. The zero-order valence-corrected chi connectivity index (χ0v) is 10.2. The Morgan fingerprint density at radius 1 is 1.56 bits per heavy atom. The topological polar surface area (TPSA) is 58.6 Å². The van der Waals surface area contributed by atoms with E-state index in [1.807, 2.05) is 13.8 Å². The Balaban J connectivity index is 2.30. The van der Waals surface area contributed by atoms with Crippen LogP contribution in [0.15, 0.2) is 0 Å². The zero-order chi connectivity index (χ0) is 12.1. The molecular formula is C11H20N2O3. The molecule has 1 aliphatic rings. The van der Waals surface area contributed by atoms with E-state index in [1.54, 1.807) is 7.05 Å². The highest BCUT2D eigenvalue weighted by Gasteiger charge is 2.28. The lowest BCUT2D eigenvalue weighted by Gasteiger charge is -2.14. The molecule has 1 heterocycles. The minimum Gasteiger partial charge on any atom is -0.442 e. The second-order valence-electron chi connectivity index (χ2n) is 4.14. The van der Waals surface area contributed by atoms with Crippen LogP contribution in [0.25, 0.3) is 0 Å². The van der Waals surface area contributed by atoms with Gasteiger partial charge in [-0.2, -0.15) is 0 Å². The Morgan fingerprint density at radius 3 is 2.62 bits per heavy atom. The summed E-state index contributed by atoms with van der Waals surface area (Å²) < 4.78 is 5.04. The van der Waals surface area contributed by atoms with Crippen LogP contribution in [0.5, 0.6) is 0 Å². The molecule has 0 spiro atoms. The molecule has 5 heteroatoms. The molecule has 92 valence electrons. The van der Waals surface area contributed by atoms with Crippen molar-refractivity contribution in [2.75, 3.05) is 20.1 Å². The van der Waals surface area contributed by atoms with E-state index in [1.165, 1.54) is 4.90 Å². The van der Waals surface area contributed by atoms with E-state index >= 15 is 0 Å². The first-order valence-electron chi connectivity index (χ1n) is 5.77. The highest BCUT2D eigenvalue weighted by atomic mass is 16.6. The minimum absolute atomic E-state index is 0.0515. The summed E-state index contributed by atoms with van der Waals surface area (Å²) in [5.74, 6) is 0.116. The summed E-state index contributed by atoms with van der Waals surface area (Å²) in [4.78, 5) is 24.2. The SMILES string of the molecule is CCC(CC)C(=O)NCC1CN(C)C(=O)O1. The summed E-state index contributed by atoms with van der Waals surface area (Å²) in [6.45, 7) is 4.95. The van der Waals surface area contributed by atoms with Gasteiger partial charge in [-0.3, -0.25) is 4.79 Å². The third kappa shape index (κ3) is 3.12. The van der Waals surface area contributed by atoms with Gasteiger partial charge < -0.3 is 15.0 Å². The predicted octanol–water partition coefficient (Wildman–Crippen LogP) is 0.989. The molecule has 1 saturated heterocycles. The fourth-order valence-corrected chi connectivity index (χ4v) is 1.77. The Hall–Kier alpha value is -1.26. The van der Waals surface area contributed by atoms with Crippen LogP contribution < -0.4 is 5.32 Å². The van der Waals surface area contributed by atoms with Gasteiger partial charge in [-0.25, -0.2) is 4.79 Å². The Bertz CT molecular complexity index is 264. The van der Waals surface area contributed by atoms with E-state index < -0.39 is 0 Å². The van der Waals surface area contributed by atoms with Gasteiger partial charge in [0.1, 0.15) is 6.10 Å². The van der Waals surface area contributed by atoms with Crippen LogP contribution in [0.3, 0.4) is 0 Å². The monoisotopic (exact) mass is 228 g/mol. The first-order valence-corrected chi connectivity index (χ1v) is 5.77. The molecule has 2 amide bonds. The smallest absolute Gasteiger partial charge is 0.410 e. The van der Waals surface area contributed by atoms with E-state index in [2.05, 4.69) is 5.32 Å². The summed E-state index contributed by atoms with van der Waals surface area (Å²) in [7, 11) is 1.69. The molecule has 1 N–H and O–H groups in total. The van der Waals surface area contributed by atoms with E-state index in [-0.39, 0.29) is 24.0 Å². The second-order valence-corrected chi connectivity index (χ2v) is 4.14. The van der Waals surface area contributed by atoms with Gasteiger partial charge in [-0.1, -0.05) is 13.8 Å². The summed E-state index contributed by atoms with van der Waals surface area (Å²) in [5, 5.41) is 2.82. The fraction of sp³-hybridized carbons (Fsp3) is 0.818. The molecule has 1 fully saturated rings. The van der Waals surface area contributed by atoms with E-state index in [4.69, 9.17) is 4.74 Å². The number of amides is 2. The van der Waals surface area contributed by atoms with Crippen molar-refractivity contribution in [3.63, 3.8) is 0 Å². The first-order chi connectivity index (χ1) is 7.58. The summed E-state index contributed by atoms with van der Waals surface area (Å²) in [5.41, 5.74) is 0. The number of nitrogens with one attached hydrogen (secondary N) is 1. The number of hydrogen-bond donors (Lipinski definition) is 1. The van der Waals surface area contributed by atoms with E-state index in [0.717, 1.165) is 12.8 Å². The molecule has 0 aromatic carbocycles. The molecule has 5 nitrogen and oxygen atoms in total. The minimum atomic E-state index is -0.318. The van der Waals surface area contributed by atoms with Gasteiger partial charge in [0.15, 0.2) is 0 Å². The maximum absolute atomic E-state index is 11.7. The largest absolute Gasteiger partial charge is 0.442 e. The molecule has 16 heavy (non-hydrogen) atoms. The Morgan fingerprint density at radius 2 is 2.19 bits per heavy atom. The summed E-state index contributed by atoms with van der Waals surface area (Å²) in [6, 6.07) is 0. The molecule has 0 aliphatic carbocycles. The second kappa shape index (κ2) is 5.72. The Kier molecular flexibility index (Phi) is 4.58. The lowest BCUT2D eigenvalue weighted by molar-refractivity contribution is -0.125. The zero-order valence-electron chi connectivity index (χ0n) is 10.2. The molecule has 0 aromatic heterocycles. The van der Waals surface area contributed by atoms with Crippen LogP contribution in [0.4, 0.5) is 4.79 Å². The van der Waals surface area contributed by atoms with Crippen LogP contribution in [-0.4, -0.2) is 43.1 Å². The lowest BCUT2D eigenvalue weighted by atomic mass is 10.0. The third-order valence-electron chi connectivity index (χ3n) is 2.92. The van der Waals surface area contributed by atoms with Crippen LogP contribution in [0.1, 0.15) is 26.7 Å². The number of hydrogen-bond acceptors (Lipinski definition) is 3. The maximum Gasteiger partial charge on any atom is 0.410 e. The third-order valence-corrected chi connectivity index (χ3v) is 2.92. The standard InChI is InChI=1S/C11H20N2O3/c1-4-8(5-2)10(14)12-6-9-7-13(3)11(15)16-9/h8-9H,4-7H2,1-3H3,(H,12,14). The molecule has 1 aliphatic heterocycles. The number of cyclic esters (lactones) is 1. The van der Waals surface area contributed by atoms with Crippen molar-refractivity contribution in [2.24, 2.45) is 5.92 Å². The van der Waals surface area contributed by atoms with Crippen LogP contribution in [-0.2, 0) is 9.53 Å². The van der Waals surface area contributed by atoms with E-state index in [9.17, 15) is 9.59 Å². The maximum atomic E-state index is 11.7. The average Bonchev–Trinajstić information content (AvgIpc) is 2.57. The molecule has 1 unspecified atom stereocenters. The van der Waals surface area contributed by atoms with Gasteiger partial charge in [0.2, 0.25) is 5.91 Å². The van der Waals surface area contributed by atoms with Crippen molar-refractivity contribution >= 4 is 12.0 Å². The number of rotatable bonds is 5. The van der Waals surface area contributed by atoms with Crippen LogP contribution in [0, 0.1) is 5.92 Å². The van der Waals surface area contributed by atoms with Gasteiger partial charge in [0.05, 0.1) is 13.1 Å². The number of likely N-dealkylation sites (N-methyl/N-ethyl adjacent to an activating group) is 1.